The van der Waals surface area contributed by atoms with Crippen LogP contribution in [0.2, 0.25) is 0 Å². The molecule has 1 atom stereocenters. The number of hydrogen-bond donors (Lipinski definition) is 2. The van der Waals surface area contributed by atoms with Crippen molar-refractivity contribution >= 4 is 11.9 Å². The van der Waals surface area contributed by atoms with Crippen molar-refractivity contribution in [1.82, 2.24) is 10.3 Å². The van der Waals surface area contributed by atoms with Gasteiger partial charge in [0.15, 0.2) is 11.5 Å². The number of carbonyl (C=O) groups is 2. The lowest BCUT2D eigenvalue weighted by atomic mass is 10.1. The Labute approximate surface area is 131 Å². The Morgan fingerprint density at radius 1 is 1.22 bits per heavy atom. The molecule has 118 valence electrons. The molecule has 7 nitrogen and oxygen atoms in total. The first-order valence-corrected chi connectivity index (χ1v) is 6.94. The molecular formula is C16H14N2O5. The number of benzene rings is 1. The average molecular weight is 314 g/mol. The van der Waals surface area contributed by atoms with E-state index < -0.39 is 5.97 Å². The number of hydrogen-bond acceptors (Lipinski definition) is 5. The molecule has 2 aromatic rings. The summed E-state index contributed by atoms with van der Waals surface area (Å²) in [6.45, 7) is 2.04. The number of carboxylic acid groups (broad SMARTS) is 1. The van der Waals surface area contributed by atoms with Crippen LogP contribution in [0.5, 0.6) is 11.5 Å². The van der Waals surface area contributed by atoms with E-state index in [9.17, 15) is 9.59 Å². The standard InChI is InChI=1S/C16H14N2O5/c1-9(10-3-5-13-14(6-10)23-8-22-13)18-15(19)11-2-4-12(16(20)21)17-7-11/h2-7,9H,8H2,1H3,(H,18,19)(H,20,21)/t9-/m1/s1. The van der Waals surface area contributed by atoms with E-state index in [0.717, 1.165) is 5.56 Å². The van der Waals surface area contributed by atoms with E-state index in [1.54, 1.807) is 6.07 Å². The minimum Gasteiger partial charge on any atom is -0.477 e. The predicted molar refractivity (Wildman–Crippen MR) is 79.6 cm³/mol. The van der Waals surface area contributed by atoms with Gasteiger partial charge in [0.1, 0.15) is 5.69 Å². The zero-order chi connectivity index (χ0) is 16.4. The van der Waals surface area contributed by atoms with E-state index in [1.807, 2.05) is 19.1 Å². The molecule has 0 spiro atoms. The molecule has 1 aliphatic heterocycles. The Morgan fingerprint density at radius 2 is 2.00 bits per heavy atom. The van der Waals surface area contributed by atoms with Crippen LogP contribution in [-0.2, 0) is 0 Å². The number of nitrogens with zero attached hydrogens (tertiary/aromatic N) is 1. The highest BCUT2D eigenvalue weighted by Gasteiger charge is 2.17. The Bertz CT molecular complexity index is 758. The number of aromatic carboxylic acids is 1. The molecule has 0 fully saturated rings. The van der Waals surface area contributed by atoms with Gasteiger partial charge in [-0.2, -0.15) is 0 Å². The number of rotatable bonds is 4. The van der Waals surface area contributed by atoms with E-state index in [0.29, 0.717) is 17.1 Å². The van der Waals surface area contributed by atoms with Gasteiger partial charge in [0.2, 0.25) is 6.79 Å². The molecule has 1 amide bonds. The smallest absolute Gasteiger partial charge is 0.354 e. The molecule has 1 aromatic heterocycles. The molecule has 7 heteroatoms. The summed E-state index contributed by atoms with van der Waals surface area (Å²) in [4.78, 5) is 26.7. The quantitative estimate of drug-likeness (QED) is 0.895. The van der Waals surface area contributed by atoms with Crippen LogP contribution < -0.4 is 14.8 Å². The van der Waals surface area contributed by atoms with Crippen molar-refractivity contribution in [3.05, 3.63) is 53.3 Å². The number of amides is 1. The zero-order valence-electron chi connectivity index (χ0n) is 12.3. The van der Waals surface area contributed by atoms with Gasteiger partial charge in [-0.1, -0.05) is 6.07 Å². The molecule has 3 rings (SSSR count). The number of carbonyl (C=O) groups excluding carboxylic acids is 1. The summed E-state index contributed by atoms with van der Waals surface area (Å²) < 4.78 is 10.6. The van der Waals surface area contributed by atoms with E-state index in [4.69, 9.17) is 14.6 Å². The fraction of sp³-hybridized carbons (Fsp3) is 0.188. The third-order valence-electron chi connectivity index (χ3n) is 3.49. The van der Waals surface area contributed by atoms with Crippen LogP contribution in [0.15, 0.2) is 36.5 Å². The van der Waals surface area contributed by atoms with Crippen LogP contribution in [0, 0.1) is 0 Å². The molecule has 1 aliphatic rings. The zero-order valence-corrected chi connectivity index (χ0v) is 12.3. The lowest BCUT2D eigenvalue weighted by Gasteiger charge is -2.14. The topological polar surface area (TPSA) is 97.8 Å². The van der Waals surface area contributed by atoms with Gasteiger partial charge in [-0.15, -0.1) is 0 Å². The van der Waals surface area contributed by atoms with Gasteiger partial charge in [0.05, 0.1) is 11.6 Å². The Hall–Kier alpha value is -3.09. The molecule has 0 unspecified atom stereocenters. The second-order valence-electron chi connectivity index (χ2n) is 5.05. The van der Waals surface area contributed by atoms with Gasteiger partial charge < -0.3 is 19.9 Å². The van der Waals surface area contributed by atoms with Gasteiger partial charge in [0.25, 0.3) is 5.91 Å². The summed E-state index contributed by atoms with van der Waals surface area (Å²) >= 11 is 0. The third kappa shape index (κ3) is 3.08. The molecule has 0 radical (unpaired) electrons. The fourth-order valence-electron chi connectivity index (χ4n) is 2.20. The largest absolute Gasteiger partial charge is 0.477 e. The van der Waals surface area contributed by atoms with Crippen LogP contribution >= 0.6 is 0 Å². The van der Waals surface area contributed by atoms with Crippen LogP contribution in [0.4, 0.5) is 0 Å². The van der Waals surface area contributed by atoms with E-state index in [-0.39, 0.29) is 24.4 Å². The first-order chi connectivity index (χ1) is 11.0. The van der Waals surface area contributed by atoms with Gasteiger partial charge in [-0.25, -0.2) is 9.78 Å². The Kier molecular flexibility index (Phi) is 3.84. The highest BCUT2D eigenvalue weighted by molar-refractivity contribution is 5.95. The lowest BCUT2D eigenvalue weighted by Crippen LogP contribution is -2.26. The van der Waals surface area contributed by atoms with Gasteiger partial charge in [0, 0.05) is 6.20 Å². The molecule has 0 aliphatic carbocycles. The number of ether oxygens (including phenoxy) is 2. The highest BCUT2D eigenvalue weighted by atomic mass is 16.7. The van der Waals surface area contributed by atoms with Gasteiger partial charge >= 0.3 is 5.97 Å². The fourth-order valence-corrected chi connectivity index (χ4v) is 2.20. The van der Waals surface area contributed by atoms with Crippen molar-refractivity contribution < 1.29 is 24.2 Å². The molecule has 23 heavy (non-hydrogen) atoms. The molecule has 2 heterocycles. The van der Waals surface area contributed by atoms with Crippen molar-refractivity contribution in [2.45, 2.75) is 13.0 Å². The lowest BCUT2D eigenvalue weighted by molar-refractivity contribution is 0.0689. The Morgan fingerprint density at radius 3 is 2.70 bits per heavy atom. The first kappa shape index (κ1) is 14.8. The number of pyridine rings is 1. The molecule has 0 saturated heterocycles. The maximum Gasteiger partial charge on any atom is 0.354 e. The van der Waals surface area contributed by atoms with E-state index in [2.05, 4.69) is 10.3 Å². The summed E-state index contributed by atoms with van der Waals surface area (Å²) in [6.07, 6.45) is 1.24. The maximum atomic E-state index is 12.2. The summed E-state index contributed by atoms with van der Waals surface area (Å²) in [5.74, 6) is -0.137. The molecular weight excluding hydrogens is 300 g/mol. The van der Waals surface area contributed by atoms with Crippen LogP contribution in [0.1, 0.15) is 39.4 Å². The van der Waals surface area contributed by atoms with Crippen LogP contribution in [0.25, 0.3) is 0 Å². The summed E-state index contributed by atoms with van der Waals surface area (Å²) in [5.41, 5.74) is 1.06. The summed E-state index contributed by atoms with van der Waals surface area (Å²) in [6, 6.07) is 7.93. The van der Waals surface area contributed by atoms with Gasteiger partial charge in [-0.05, 0) is 36.8 Å². The molecule has 0 bridgehead atoms. The van der Waals surface area contributed by atoms with Gasteiger partial charge in [-0.3, -0.25) is 4.79 Å². The SMILES string of the molecule is C[C@@H](NC(=O)c1ccc(C(=O)O)nc1)c1ccc2c(c1)OCO2. The van der Waals surface area contributed by atoms with Crippen molar-refractivity contribution in [2.24, 2.45) is 0 Å². The number of carboxylic acids is 1. The minimum atomic E-state index is -1.13. The summed E-state index contributed by atoms with van der Waals surface area (Å²) in [7, 11) is 0. The predicted octanol–water partition coefficient (Wildman–Crippen LogP) is 2.00. The first-order valence-electron chi connectivity index (χ1n) is 6.94. The summed E-state index contributed by atoms with van der Waals surface area (Å²) in [5, 5.41) is 11.6. The second kappa shape index (κ2) is 5.96. The third-order valence-corrected chi connectivity index (χ3v) is 3.49. The van der Waals surface area contributed by atoms with Crippen molar-refractivity contribution in [2.75, 3.05) is 6.79 Å². The van der Waals surface area contributed by atoms with E-state index >= 15 is 0 Å². The minimum absolute atomic E-state index is 0.106. The molecule has 1 aromatic carbocycles. The monoisotopic (exact) mass is 314 g/mol. The highest BCUT2D eigenvalue weighted by Crippen LogP contribution is 2.34. The normalized spacial score (nSPS) is 13.4. The second-order valence-corrected chi connectivity index (χ2v) is 5.05. The number of aromatic nitrogens is 1. The van der Waals surface area contributed by atoms with Crippen molar-refractivity contribution in [3.8, 4) is 11.5 Å². The van der Waals surface area contributed by atoms with Crippen LogP contribution in [0.3, 0.4) is 0 Å². The Balaban J connectivity index is 1.70. The van der Waals surface area contributed by atoms with E-state index in [1.165, 1.54) is 18.3 Å². The van der Waals surface area contributed by atoms with Crippen molar-refractivity contribution in [3.63, 3.8) is 0 Å². The van der Waals surface area contributed by atoms with Crippen LogP contribution in [-0.4, -0.2) is 28.8 Å². The van der Waals surface area contributed by atoms with Crippen molar-refractivity contribution in [1.29, 1.82) is 0 Å². The molecule has 0 saturated carbocycles. The number of nitrogens with one attached hydrogen (secondary N) is 1. The molecule has 2 N–H and O–H groups in total. The maximum absolute atomic E-state index is 12.2. The number of fused-ring (bicyclic) bond motifs is 1. The average Bonchev–Trinajstić information content (AvgIpc) is 3.02.